The first-order chi connectivity index (χ1) is 14.2. The number of benzene rings is 3. The molecule has 0 N–H and O–H groups in total. The molecule has 0 spiro atoms. The van der Waals surface area contributed by atoms with E-state index in [0.29, 0.717) is 0 Å². The first-order valence-electron chi connectivity index (χ1n) is 10.2. The largest absolute Gasteiger partial charge is 0.497 e. The van der Waals surface area contributed by atoms with E-state index in [4.69, 9.17) is 9.47 Å². The maximum atomic E-state index is 5.45. The lowest BCUT2D eigenvalue weighted by Gasteiger charge is -2.14. The second kappa shape index (κ2) is 8.57. The van der Waals surface area contributed by atoms with E-state index in [1.54, 1.807) is 14.2 Å². The lowest BCUT2D eigenvalue weighted by molar-refractivity contribution is 0.393. The number of rotatable bonds is 7. The highest BCUT2D eigenvalue weighted by atomic mass is 16.5. The average molecular weight is 385 g/mol. The fourth-order valence-electron chi connectivity index (χ4n) is 4.16. The van der Waals surface area contributed by atoms with Gasteiger partial charge in [0.15, 0.2) is 0 Å². The van der Waals surface area contributed by atoms with Crippen LogP contribution in [0.2, 0.25) is 0 Å². The molecule has 0 heterocycles. The molecule has 148 valence electrons. The smallest absolute Gasteiger partial charge is 0.122 e. The summed E-state index contributed by atoms with van der Waals surface area (Å²) in [6.07, 6.45) is 6.42. The van der Waals surface area contributed by atoms with Crippen molar-refractivity contribution in [1.82, 2.24) is 0 Å². The van der Waals surface area contributed by atoms with Gasteiger partial charge in [0.25, 0.3) is 0 Å². The van der Waals surface area contributed by atoms with Gasteiger partial charge in [-0.2, -0.15) is 0 Å². The van der Waals surface area contributed by atoms with Gasteiger partial charge in [-0.05, 0) is 78.1 Å². The van der Waals surface area contributed by atoms with Crippen LogP contribution in [0.3, 0.4) is 0 Å². The summed E-state index contributed by atoms with van der Waals surface area (Å²) in [6.45, 7) is 2.14. The molecule has 3 aromatic carbocycles. The summed E-state index contributed by atoms with van der Waals surface area (Å²) < 4.78 is 10.9. The predicted molar refractivity (Wildman–Crippen MR) is 120 cm³/mol. The van der Waals surface area contributed by atoms with Crippen molar-refractivity contribution in [1.29, 1.82) is 0 Å². The monoisotopic (exact) mass is 384 g/mol. The summed E-state index contributed by atoms with van der Waals surface area (Å²) in [4.78, 5) is 0. The summed E-state index contributed by atoms with van der Waals surface area (Å²) in [5.41, 5.74) is 9.67. The number of methoxy groups -OCH3 is 2. The van der Waals surface area contributed by atoms with Crippen LogP contribution in [0.1, 0.15) is 33.4 Å². The van der Waals surface area contributed by atoms with E-state index in [2.05, 4.69) is 67.6 Å². The van der Waals surface area contributed by atoms with Gasteiger partial charge >= 0.3 is 0 Å². The van der Waals surface area contributed by atoms with Crippen molar-refractivity contribution in [3.8, 4) is 11.5 Å². The normalized spacial score (nSPS) is 12.4. The summed E-state index contributed by atoms with van der Waals surface area (Å²) in [6, 6.07) is 21.8. The Morgan fingerprint density at radius 2 is 1.52 bits per heavy atom. The molecule has 0 fully saturated rings. The van der Waals surface area contributed by atoms with Gasteiger partial charge in [0.1, 0.15) is 11.5 Å². The van der Waals surface area contributed by atoms with Crippen LogP contribution < -0.4 is 9.47 Å². The van der Waals surface area contributed by atoms with Gasteiger partial charge in [0, 0.05) is 6.07 Å². The quantitative estimate of drug-likeness (QED) is 0.499. The third-order valence-electron chi connectivity index (χ3n) is 5.74. The highest BCUT2D eigenvalue weighted by molar-refractivity contribution is 5.77. The topological polar surface area (TPSA) is 18.5 Å². The van der Waals surface area contributed by atoms with E-state index in [1.807, 2.05) is 6.07 Å². The summed E-state index contributed by atoms with van der Waals surface area (Å²) in [5, 5.41) is 0. The molecular formula is C27H28O2. The second-order valence-electron chi connectivity index (χ2n) is 7.77. The van der Waals surface area contributed by atoms with Crippen LogP contribution in [0, 0.1) is 6.92 Å². The first kappa shape index (κ1) is 19.3. The fourth-order valence-corrected chi connectivity index (χ4v) is 4.16. The molecule has 4 rings (SSSR count). The average Bonchev–Trinajstić information content (AvgIpc) is 3.16. The number of allylic oxidation sites excluding steroid dienone is 2. The number of ether oxygens (including phenoxy) is 2. The van der Waals surface area contributed by atoms with Crippen LogP contribution in [0.5, 0.6) is 11.5 Å². The van der Waals surface area contributed by atoms with E-state index < -0.39 is 0 Å². The molecule has 0 saturated carbocycles. The Morgan fingerprint density at radius 3 is 2.21 bits per heavy atom. The van der Waals surface area contributed by atoms with Crippen molar-refractivity contribution >= 4 is 5.57 Å². The minimum Gasteiger partial charge on any atom is -0.497 e. The van der Waals surface area contributed by atoms with Gasteiger partial charge in [0.05, 0.1) is 14.2 Å². The zero-order valence-corrected chi connectivity index (χ0v) is 17.5. The van der Waals surface area contributed by atoms with Crippen molar-refractivity contribution in [3.05, 3.63) is 100 Å². The van der Waals surface area contributed by atoms with Gasteiger partial charge in [-0.15, -0.1) is 0 Å². The molecule has 0 saturated heterocycles. The van der Waals surface area contributed by atoms with Crippen LogP contribution in [-0.2, 0) is 25.7 Å². The summed E-state index contributed by atoms with van der Waals surface area (Å²) in [5.74, 6) is 1.68. The SMILES string of the molecule is COc1cc(CC2=CCc3cccc(CCc4ccc(C)cc4)c32)cc(OC)c1. The van der Waals surface area contributed by atoms with Gasteiger partial charge < -0.3 is 9.47 Å². The zero-order chi connectivity index (χ0) is 20.2. The van der Waals surface area contributed by atoms with Crippen LogP contribution >= 0.6 is 0 Å². The molecule has 0 radical (unpaired) electrons. The molecule has 0 bridgehead atoms. The lowest BCUT2D eigenvalue weighted by Crippen LogP contribution is -2.00. The van der Waals surface area contributed by atoms with Gasteiger partial charge in [-0.25, -0.2) is 0 Å². The maximum Gasteiger partial charge on any atom is 0.122 e. The molecule has 2 heteroatoms. The highest BCUT2D eigenvalue weighted by Crippen LogP contribution is 2.35. The Bertz CT molecular complexity index is 1010. The summed E-state index contributed by atoms with van der Waals surface area (Å²) in [7, 11) is 3.40. The molecule has 2 nitrogen and oxygen atoms in total. The van der Waals surface area contributed by atoms with Crippen LogP contribution in [0.4, 0.5) is 0 Å². The standard InChI is InChI=1S/C27H28O2/c1-19-7-9-20(10-8-19)11-12-22-5-4-6-23-13-14-24(27(22)23)15-21-16-25(28-2)18-26(17-21)29-3/h4-10,14,16-18H,11-13,15H2,1-3H3. The molecule has 0 aromatic heterocycles. The van der Waals surface area contributed by atoms with Crippen molar-refractivity contribution < 1.29 is 9.47 Å². The molecular weight excluding hydrogens is 356 g/mol. The van der Waals surface area contributed by atoms with Crippen LogP contribution in [0.25, 0.3) is 5.57 Å². The third-order valence-corrected chi connectivity index (χ3v) is 5.74. The van der Waals surface area contributed by atoms with Crippen molar-refractivity contribution in [2.24, 2.45) is 0 Å². The molecule has 0 amide bonds. The molecule has 1 aliphatic carbocycles. The fraction of sp³-hybridized carbons (Fsp3) is 0.259. The van der Waals surface area contributed by atoms with Crippen molar-refractivity contribution in [3.63, 3.8) is 0 Å². The van der Waals surface area contributed by atoms with Gasteiger partial charge in [-0.1, -0.05) is 54.1 Å². The van der Waals surface area contributed by atoms with E-state index in [1.165, 1.54) is 39.0 Å². The molecule has 3 aromatic rings. The Hall–Kier alpha value is -3.00. The number of fused-ring (bicyclic) bond motifs is 1. The highest BCUT2D eigenvalue weighted by Gasteiger charge is 2.18. The number of hydrogen-bond donors (Lipinski definition) is 0. The minimum atomic E-state index is 0.839. The molecule has 0 unspecified atom stereocenters. The minimum absolute atomic E-state index is 0.839. The van der Waals surface area contributed by atoms with E-state index in [9.17, 15) is 0 Å². The van der Waals surface area contributed by atoms with Crippen LogP contribution in [0.15, 0.2) is 66.7 Å². The number of hydrogen-bond acceptors (Lipinski definition) is 2. The first-order valence-corrected chi connectivity index (χ1v) is 10.2. The van der Waals surface area contributed by atoms with Gasteiger partial charge in [0.2, 0.25) is 0 Å². The van der Waals surface area contributed by atoms with E-state index in [0.717, 1.165) is 37.2 Å². The molecule has 29 heavy (non-hydrogen) atoms. The number of aryl methyl sites for hydroxylation is 3. The Morgan fingerprint density at radius 1 is 0.793 bits per heavy atom. The lowest BCUT2D eigenvalue weighted by atomic mass is 9.91. The molecule has 1 aliphatic rings. The van der Waals surface area contributed by atoms with Crippen molar-refractivity contribution in [2.45, 2.75) is 32.6 Å². The van der Waals surface area contributed by atoms with Crippen molar-refractivity contribution in [2.75, 3.05) is 14.2 Å². The van der Waals surface area contributed by atoms with Gasteiger partial charge in [-0.3, -0.25) is 0 Å². The predicted octanol–water partition coefficient (Wildman–Crippen LogP) is 5.98. The Kier molecular flexibility index (Phi) is 5.71. The zero-order valence-electron chi connectivity index (χ0n) is 17.5. The van der Waals surface area contributed by atoms with E-state index in [-0.39, 0.29) is 0 Å². The Labute approximate surface area is 173 Å². The second-order valence-corrected chi connectivity index (χ2v) is 7.77. The molecule has 0 atom stereocenters. The van der Waals surface area contributed by atoms with E-state index >= 15 is 0 Å². The summed E-state index contributed by atoms with van der Waals surface area (Å²) >= 11 is 0. The van der Waals surface area contributed by atoms with Crippen LogP contribution in [-0.4, -0.2) is 14.2 Å². The maximum absolute atomic E-state index is 5.45. The Balaban J connectivity index is 1.57. The third kappa shape index (κ3) is 4.37. The molecule has 0 aliphatic heterocycles.